The Morgan fingerprint density at radius 2 is 1.64 bits per heavy atom. The van der Waals surface area contributed by atoms with E-state index in [0.29, 0.717) is 0 Å². The zero-order valence-electron chi connectivity index (χ0n) is 13.6. The molecule has 0 fully saturated rings. The van der Waals surface area contributed by atoms with E-state index in [-0.39, 0.29) is 0 Å². The van der Waals surface area contributed by atoms with Crippen LogP contribution in [0.2, 0.25) is 14.8 Å². The third-order valence-electron chi connectivity index (χ3n) is 4.58. The molecule has 0 aliphatic carbocycles. The van der Waals surface area contributed by atoms with Crippen molar-refractivity contribution < 1.29 is 4.57 Å². The van der Waals surface area contributed by atoms with Gasteiger partial charge in [0.2, 0.25) is 0 Å². The van der Waals surface area contributed by atoms with Crippen molar-refractivity contribution in [2.45, 2.75) is 14.8 Å². The molecule has 2 nitrogen and oxygen atoms in total. The molecule has 0 bridgehead atoms. The van der Waals surface area contributed by atoms with Crippen LogP contribution in [0.4, 0.5) is 0 Å². The van der Waals surface area contributed by atoms with E-state index in [1.807, 2.05) is 0 Å². The summed E-state index contributed by atoms with van der Waals surface area (Å²) in [7, 11) is 2.12. The first-order valence-electron chi connectivity index (χ1n) is 7.78. The van der Waals surface area contributed by atoms with Gasteiger partial charge in [-0.2, -0.15) is 0 Å². The summed E-state index contributed by atoms with van der Waals surface area (Å²) < 4.78 is 6.11. The molecule has 22 heavy (non-hydrogen) atoms. The van der Waals surface area contributed by atoms with Crippen LogP contribution in [0, 0.1) is 0 Å². The van der Waals surface area contributed by atoms with Crippen molar-refractivity contribution in [3.05, 3.63) is 54.9 Å². The van der Waals surface area contributed by atoms with Crippen molar-refractivity contribution in [1.82, 2.24) is 4.40 Å². The van der Waals surface area contributed by atoms with E-state index in [2.05, 4.69) is 85.7 Å². The van der Waals surface area contributed by atoms with Crippen molar-refractivity contribution in [3.8, 4) is 0 Å². The van der Waals surface area contributed by atoms with Crippen molar-refractivity contribution in [3.63, 3.8) is 0 Å². The molecule has 4 aromatic rings. The number of rotatable bonds is 1. The summed E-state index contributed by atoms with van der Waals surface area (Å²) in [6.45, 7) is 0. The third kappa shape index (κ3) is 1.97. The van der Waals surface area contributed by atoms with Gasteiger partial charge in [-0.3, -0.25) is 0 Å². The van der Waals surface area contributed by atoms with Crippen LogP contribution in [0.25, 0.3) is 27.3 Å². The van der Waals surface area contributed by atoms with E-state index < -0.39 is 18.4 Å². The average Bonchev–Trinajstić information content (AvgIpc) is 2.88. The number of hydrogen-bond acceptors (Lipinski definition) is 0. The van der Waals surface area contributed by atoms with Gasteiger partial charge in [-0.25, -0.2) is 0 Å². The predicted molar refractivity (Wildman–Crippen MR) is 96.6 cm³/mol. The van der Waals surface area contributed by atoms with Gasteiger partial charge in [-0.1, -0.05) is 0 Å². The average molecular weight is 396 g/mol. The predicted octanol–water partition coefficient (Wildman–Crippen LogP) is 3.62. The second-order valence-corrected chi connectivity index (χ2v) is 21.6. The molecule has 0 unspecified atom stereocenters. The molecule has 0 N–H and O–H groups in total. The molecule has 110 valence electrons. The molecule has 0 aliphatic rings. The van der Waals surface area contributed by atoms with Crippen LogP contribution >= 0.6 is 0 Å². The van der Waals surface area contributed by atoms with Gasteiger partial charge in [0.15, 0.2) is 0 Å². The Morgan fingerprint density at radius 3 is 2.36 bits per heavy atom. The van der Waals surface area contributed by atoms with E-state index in [1.165, 1.54) is 27.3 Å². The minimum atomic E-state index is -2.07. The van der Waals surface area contributed by atoms with Crippen LogP contribution in [0.5, 0.6) is 0 Å². The number of aryl methyl sites for hydroxylation is 1. The van der Waals surface area contributed by atoms with E-state index in [0.717, 1.165) is 0 Å². The van der Waals surface area contributed by atoms with Crippen LogP contribution in [-0.2, 0) is 7.05 Å². The van der Waals surface area contributed by atoms with Crippen molar-refractivity contribution in [1.29, 1.82) is 0 Å². The molecule has 0 aliphatic heterocycles. The molecule has 2 aromatic carbocycles. The fourth-order valence-corrected chi connectivity index (χ4v) is 6.65. The van der Waals surface area contributed by atoms with E-state index in [4.69, 9.17) is 0 Å². The fourth-order valence-electron chi connectivity index (χ4n) is 3.33. The number of fused-ring (bicyclic) bond motifs is 6. The topological polar surface area (TPSA) is 8.29 Å². The van der Waals surface area contributed by atoms with Gasteiger partial charge in [0.25, 0.3) is 0 Å². The van der Waals surface area contributed by atoms with Gasteiger partial charge in [-0.15, -0.1) is 0 Å². The van der Waals surface area contributed by atoms with Gasteiger partial charge in [0.1, 0.15) is 0 Å². The summed E-state index contributed by atoms with van der Waals surface area (Å²) in [5.41, 5.74) is 2.56. The number of benzene rings is 2. The van der Waals surface area contributed by atoms with Gasteiger partial charge in [-0.05, 0) is 0 Å². The molecule has 2 aromatic heterocycles. The first-order chi connectivity index (χ1) is 10.5. The Hall–Kier alpha value is -1.55. The van der Waals surface area contributed by atoms with Crippen LogP contribution in [0.3, 0.4) is 0 Å². The summed E-state index contributed by atoms with van der Waals surface area (Å²) in [6.07, 6.45) is 4.31. The van der Waals surface area contributed by atoms with E-state index in [1.54, 1.807) is 3.58 Å². The first kappa shape index (κ1) is 14.1. The van der Waals surface area contributed by atoms with Gasteiger partial charge >= 0.3 is 135 Å². The molecule has 0 saturated heterocycles. The number of nitrogens with zero attached hydrogens (tertiary/aromatic N) is 2. The van der Waals surface area contributed by atoms with Gasteiger partial charge < -0.3 is 0 Å². The van der Waals surface area contributed by atoms with Crippen LogP contribution in [0.1, 0.15) is 0 Å². The second kappa shape index (κ2) is 4.72. The monoisotopic (exact) mass is 397 g/mol. The zero-order chi connectivity index (χ0) is 15.5. The Kier molecular flexibility index (Phi) is 3.02. The summed E-state index contributed by atoms with van der Waals surface area (Å²) in [4.78, 5) is 7.44. The summed E-state index contributed by atoms with van der Waals surface area (Å²) >= 11 is -2.07. The fraction of sp³-hybridized carbons (Fsp3) is 0.211. The minimum absolute atomic E-state index is 1.26. The van der Waals surface area contributed by atoms with Gasteiger partial charge in [0.05, 0.1) is 0 Å². The van der Waals surface area contributed by atoms with Crippen LogP contribution in [0.15, 0.2) is 54.9 Å². The van der Waals surface area contributed by atoms with E-state index >= 15 is 0 Å². The standard InChI is InChI=1S/C16H12N2.3CH3.Sn/c1-17-10-11-18-15-9-5-4-7-13(15)12-6-2-3-8-14(12)16(17)18;;;;/h2-3,5-11H,1H3;3*1H3;/q+1;;;;. The normalized spacial score (nSPS) is 12.5. The molecule has 4 rings (SSSR count). The van der Waals surface area contributed by atoms with Crippen LogP contribution < -0.4 is 8.15 Å². The molecule has 0 spiro atoms. The molecule has 0 amide bonds. The molecule has 3 heteroatoms. The molecular formula is C19H21N2Sn+. The van der Waals surface area contributed by atoms with Gasteiger partial charge in [0, 0.05) is 0 Å². The molecular weight excluding hydrogens is 375 g/mol. The van der Waals surface area contributed by atoms with Crippen LogP contribution in [-0.4, -0.2) is 22.8 Å². The Labute approximate surface area is 134 Å². The number of hydrogen-bond donors (Lipinski definition) is 0. The first-order valence-corrected chi connectivity index (χ1v) is 17.8. The number of pyridine rings is 1. The van der Waals surface area contributed by atoms with E-state index in [9.17, 15) is 0 Å². The van der Waals surface area contributed by atoms with Crippen molar-refractivity contribution in [2.24, 2.45) is 7.05 Å². The Morgan fingerprint density at radius 1 is 0.909 bits per heavy atom. The SMILES string of the molecule is C[n+]1ccn2c3cc[c]([Sn]([CH3])([CH3])[CH3])cc3c3ccccc3c21. The molecule has 2 heterocycles. The Balaban J connectivity index is 2.28. The third-order valence-corrected chi connectivity index (χ3v) is 10.4. The summed E-state index contributed by atoms with van der Waals surface area (Å²) in [6, 6.07) is 15.9. The zero-order valence-corrected chi connectivity index (χ0v) is 16.4. The van der Waals surface area contributed by atoms with Crippen molar-refractivity contribution in [2.75, 3.05) is 0 Å². The molecule has 0 atom stereocenters. The quantitative estimate of drug-likeness (QED) is 0.264. The number of aromatic nitrogens is 2. The summed E-state index contributed by atoms with van der Waals surface area (Å²) in [5.74, 6) is 0. The summed E-state index contributed by atoms with van der Waals surface area (Å²) in [5, 5.41) is 4.06. The van der Waals surface area contributed by atoms with Crippen molar-refractivity contribution >= 4 is 49.3 Å². The molecule has 0 radical (unpaired) electrons. The maximum atomic E-state index is 2.48. The second-order valence-electron chi connectivity index (χ2n) is 7.13. The maximum absolute atomic E-state index is 2.48. The molecule has 0 saturated carbocycles. The Bertz CT molecular complexity index is 1020. The number of imidazole rings is 1.